The fourth-order valence-corrected chi connectivity index (χ4v) is 1.50. The van der Waals surface area contributed by atoms with Gasteiger partial charge in [-0.15, -0.1) is 0 Å². The maximum atomic E-state index is 13.8. The summed E-state index contributed by atoms with van der Waals surface area (Å²) < 4.78 is 45.3. The van der Waals surface area contributed by atoms with Crippen LogP contribution in [-0.2, 0) is 15.5 Å². The lowest BCUT2D eigenvalue weighted by atomic mass is 10.0. The highest BCUT2D eigenvalue weighted by Gasteiger charge is 2.45. The van der Waals surface area contributed by atoms with Crippen LogP contribution in [-0.4, -0.2) is 17.5 Å². The van der Waals surface area contributed by atoms with Gasteiger partial charge in [0.15, 0.2) is 0 Å². The molecule has 1 aromatic rings. The number of hydrogen-bond donors (Lipinski definition) is 0. The highest BCUT2D eigenvalue weighted by atomic mass is 19.3. The van der Waals surface area contributed by atoms with Gasteiger partial charge in [0, 0.05) is 13.0 Å². The van der Waals surface area contributed by atoms with Crippen LogP contribution in [0.15, 0.2) is 23.9 Å². The highest BCUT2D eigenvalue weighted by Crippen LogP contribution is 2.32. The van der Waals surface area contributed by atoms with Crippen molar-refractivity contribution >= 4 is 12.0 Å². The maximum Gasteiger partial charge on any atom is 0.382 e. The molecule has 0 spiro atoms. The third kappa shape index (κ3) is 3.80. The molecule has 0 aliphatic rings. The number of benzene rings is 1. The summed E-state index contributed by atoms with van der Waals surface area (Å²) in [4.78, 5) is 21.0. The molecular formula is C13H12F3NO4. The van der Waals surface area contributed by atoms with Crippen molar-refractivity contribution in [3.05, 3.63) is 51.0 Å². The SMILES string of the molecule is CCOC(=O)C(F)(F)c1cc(/C=C(\C)[N+](=O)[O-])ccc1F. The van der Waals surface area contributed by atoms with Gasteiger partial charge in [0.25, 0.3) is 0 Å². The first-order valence-electron chi connectivity index (χ1n) is 5.88. The predicted octanol–water partition coefficient (Wildman–Crippen LogP) is 3.12. The summed E-state index contributed by atoms with van der Waals surface area (Å²) in [5, 5.41) is 10.5. The average Bonchev–Trinajstić information content (AvgIpc) is 2.40. The number of halogens is 3. The van der Waals surface area contributed by atoms with Crippen molar-refractivity contribution < 1.29 is 27.6 Å². The van der Waals surface area contributed by atoms with E-state index in [2.05, 4.69) is 4.74 Å². The third-order valence-electron chi connectivity index (χ3n) is 2.52. The summed E-state index contributed by atoms with van der Waals surface area (Å²) in [7, 11) is 0. The molecule has 114 valence electrons. The number of esters is 1. The Morgan fingerprint density at radius 3 is 2.62 bits per heavy atom. The van der Waals surface area contributed by atoms with E-state index in [1.54, 1.807) is 0 Å². The van der Waals surface area contributed by atoms with Gasteiger partial charge in [-0.1, -0.05) is 6.07 Å². The molecule has 1 aromatic carbocycles. The lowest BCUT2D eigenvalue weighted by molar-refractivity contribution is -0.422. The first kappa shape index (κ1) is 16.7. The van der Waals surface area contributed by atoms with Crippen LogP contribution < -0.4 is 0 Å². The molecule has 0 atom stereocenters. The molecule has 5 nitrogen and oxygen atoms in total. The fourth-order valence-electron chi connectivity index (χ4n) is 1.50. The molecule has 21 heavy (non-hydrogen) atoms. The zero-order valence-electron chi connectivity index (χ0n) is 11.2. The molecule has 0 bridgehead atoms. The molecule has 0 aliphatic heterocycles. The normalized spacial score (nSPS) is 12.1. The summed E-state index contributed by atoms with van der Waals surface area (Å²) in [5.41, 5.74) is -1.53. The van der Waals surface area contributed by atoms with Gasteiger partial charge in [0.2, 0.25) is 5.70 Å². The van der Waals surface area contributed by atoms with Crippen LogP contribution in [0.5, 0.6) is 0 Å². The molecule has 0 fully saturated rings. The monoisotopic (exact) mass is 303 g/mol. The minimum absolute atomic E-state index is 0.0235. The van der Waals surface area contributed by atoms with Crippen LogP contribution >= 0.6 is 0 Å². The molecule has 1 rings (SSSR count). The summed E-state index contributed by atoms with van der Waals surface area (Å²) in [5.74, 6) is -7.35. The Hall–Kier alpha value is -2.38. The van der Waals surface area contributed by atoms with E-state index in [1.807, 2.05) is 0 Å². The number of nitrogens with zero attached hydrogens (tertiary/aromatic N) is 1. The van der Waals surface area contributed by atoms with E-state index >= 15 is 0 Å². The number of allylic oxidation sites excluding steroid dienone is 1. The lowest BCUT2D eigenvalue weighted by Crippen LogP contribution is -2.29. The quantitative estimate of drug-likeness (QED) is 0.476. The second-order valence-corrected chi connectivity index (χ2v) is 4.08. The van der Waals surface area contributed by atoms with Crippen LogP contribution in [0, 0.1) is 15.9 Å². The number of alkyl halides is 2. The number of carbonyl (C=O) groups is 1. The zero-order valence-corrected chi connectivity index (χ0v) is 11.2. The second kappa shape index (κ2) is 6.38. The molecule has 0 saturated heterocycles. The summed E-state index contributed by atoms with van der Waals surface area (Å²) >= 11 is 0. The van der Waals surface area contributed by atoms with Crippen molar-refractivity contribution in [2.24, 2.45) is 0 Å². The van der Waals surface area contributed by atoms with Gasteiger partial charge in [0.05, 0.1) is 17.1 Å². The smallest absolute Gasteiger partial charge is 0.382 e. The van der Waals surface area contributed by atoms with Crippen LogP contribution in [0.1, 0.15) is 25.0 Å². The number of ether oxygens (including phenoxy) is 1. The Morgan fingerprint density at radius 1 is 1.48 bits per heavy atom. The van der Waals surface area contributed by atoms with Crippen LogP contribution in [0.4, 0.5) is 13.2 Å². The number of carbonyl (C=O) groups excluding carboxylic acids is 1. The van der Waals surface area contributed by atoms with Gasteiger partial charge in [-0.2, -0.15) is 8.78 Å². The topological polar surface area (TPSA) is 69.4 Å². The Balaban J connectivity index is 3.28. The number of nitro groups is 1. The molecule has 0 unspecified atom stereocenters. The Morgan fingerprint density at radius 2 is 2.10 bits per heavy atom. The molecule has 0 N–H and O–H groups in total. The van der Waals surface area contributed by atoms with Crippen molar-refractivity contribution in [1.29, 1.82) is 0 Å². The molecule has 0 radical (unpaired) electrons. The molecule has 0 saturated carbocycles. The Labute approximate surface area is 118 Å². The standard InChI is InChI=1S/C13H12F3NO4/c1-3-21-12(18)13(15,16)10-7-9(4-5-11(10)14)6-8(2)17(19)20/h4-7H,3H2,1-2H3/b8-6+. The number of rotatable bonds is 5. The van der Waals surface area contributed by atoms with Crippen LogP contribution in [0.3, 0.4) is 0 Å². The van der Waals surface area contributed by atoms with E-state index in [0.717, 1.165) is 19.1 Å². The molecular weight excluding hydrogens is 291 g/mol. The lowest BCUT2D eigenvalue weighted by Gasteiger charge is -2.16. The summed E-state index contributed by atoms with van der Waals surface area (Å²) in [6.45, 7) is 2.21. The van der Waals surface area contributed by atoms with Crippen LogP contribution in [0.2, 0.25) is 0 Å². The predicted molar refractivity (Wildman–Crippen MR) is 67.6 cm³/mol. The molecule has 0 heterocycles. The van der Waals surface area contributed by atoms with Gasteiger partial charge in [0.1, 0.15) is 5.82 Å². The van der Waals surface area contributed by atoms with Gasteiger partial charge >= 0.3 is 11.9 Å². The minimum Gasteiger partial charge on any atom is -0.461 e. The van der Waals surface area contributed by atoms with Crippen molar-refractivity contribution in [2.75, 3.05) is 6.61 Å². The van der Waals surface area contributed by atoms with E-state index < -0.39 is 28.2 Å². The summed E-state index contributed by atoms with van der Waals surface area (Å²) in [6, 6.07) is 2.48. The van der Waals surface area contributed by atoms with E-state index in [9.17, 15) is 28.1 Å². The van der Waals surface area contributed by atoms with Gasteiger partial charge in [-0.25, -0.2) is 9.18 Å². The van der Waals surface area contributed by atoms with Crippen molar-refractivity contribution in [3.8, 4) is 0 Å². The third-order valence-corrected chi connectivity index (χ3v) is 2.52. The largest absolute Gasteiger partial charge is 0.461 e. The van der Waals surface area contributed by atoms with E-state index in [-0.39, 0.29) is 17.9 Å². The van der Waals surface area contributed by atoms with E-state index in [4.69, 9.17) is 0 Å². The Bertz CT molecular complexity index is 599. The number of hydrogen-bond acceptors (Lipinski definition) is 4. The zero-order chi connectivity index (χ0) is 16.2. The van der Waals surface area contributed by atoms with Gasteiger partial charge in [-0.3, -0.25) is 10.1 Å². The fraction of sp³-hybridized carbons (Fsp3) is 0.308. The van der Waals surface area contributed by atoms with E-state index in [1.165, 1.54) is 6.92 Å². The molecule has 0 aromatic heterocycles. The average molecular weight is 303 g/mol. The first-order chi connectivity index (χ1) is 9.70. The molecule has 0 aliphatic carbocycles. The highest BCUT2D eigenvalue weighted by molar-refractivity contribution is 5.79. The van der Waals surface area contributed by atoms with Crippen molar-refractivity contribution in [3.63, 3.8) is 0 Å². The Kier molecular flexibility index (Phi) is 5.07. The minimum atomic E-state index is -4.17. The van der Waals surface area contributed by atoms with Crippen molar-refractivity contribution in [2.45, 2.75) is 19.8 Å². The van der Waals surface area contributed by atoms with E-state index in [0.29, 0.717) is 12.1 Å². The van der Waals surface area contributed by atoms with Gasteiger partial charge < -0.3 is 4.74 Å². The summed E-state index contributed by atoms with van der Waals surface area (Å²) in [6.07, 6.45) is 0.990. The molecule has 8 heteroatoms. The second-order valence-electron chi connectivity index (χ2n) is 4.08. The maximum absolute atomic E-state index is 13.8. The first-order valence-corrected chi connectivity index (χ1v) is 5.88. The van der Waals surface area contributed by atoms with Crippen molar-refractivity contribution in [1.82, 2.24) is 0 Å². The van der Waals surface area contributed by atoms with Crippen LogP contribution in [0.25, 0.3) is 6.08 Å². The van der Waals surface area contributed by atoms with Gasteiger partial charge in [-0.05, 0) is 24.6 Å². The molecule has 0 amide bonds.